The summed E-state index contributed by atoms with van der Waals surface area (Å²) in [7, 11) is -3.13. The smallest absolute Gasteiger partial charge is 0.407 e. The number of thiophene rings is 1. The van der Waals surface area contributed by atoms with E-state index in [4.69, 9.17) is 14.3 Å². The molecule has 2 aromatic carbocycles. The van der Waals surface area contributed by atoms with Crippen LogP contribution in [-0.4, -0.2) is 43.0 Å². The molecule has 2 heterocycles. The summed E-state index contributed by atoms with van der Waals surface area (Å²) in [6, 6.07) is 19.1. The van der Waals surface area contributed by atoms with Crippen molar-refractivity contribution in [2.45, 2.75) is 31.2 Å². The predicted octanol–water partition coefficient (Wildman–Crippen LogP) is 5.34. The number of ether oxygens (including phenoxy) is 1. The Kier molecular flexibility index (Phi) is 9.46. The van der Waals surface area contributed by atoms with E-state index in [1.165, 1.54) is 30.6 Å². The van der Waals surface area contributed by atoms with E-state index in [1.54, 1.807) is 23.5 Å². The average molecular weight is 586 g/mol. The minimum atomic E-state index is -4.39. The molecule has 12 heteroatoms. The van der Waals surface area contributed by atoms with Crippen LogP contribution in [0.3, 0.4) is 0 Å². The first-order valence-corrected chi connectivity index (χ1v) is 15.1. The first-order valence-electron chi connectivity index (χ1n) is 11.9. The largest absolute Gasteiger partial charge is 0.453 e. The van der Waals surface area contributed by atoms with Gasteiger partial charge in [-0.2, -0.15) is 8.42 Å². The Hall–Kier alpha value is -3.58. The SMILES string of the molecule is COC(=O)N[C@H](Cc1ccccc1)C(=O)C[C@H](Cc1ccc(NS(=O)(=O)O)cc1)c1csc(-c2cccs2)n1. The topological polar surface area (TPSA) is 135 Å². The van der Waals surface area contributed by atoms with E-state index in [-0.39, 0.29) is 23.8 Å². The van der Waals surface area contributed by atoms with Gasteiger partial charge in [0, 0.05) is 17.7 Å². The number of thiazole rings is 1. The lowest BCUT2D eigenvalue weighted by atomic mass is 9.88. The van der Waals surface area contributed by atoms with Crippen molar-refractivity contribution in [1.29, 1.82) is 0 Å². The van der Waals surface area contributed by atoms with Crippen LogP contribution in [0.5, 0.6) is 0 Å². The van der Waals surface area contributed by atoms with Gasteiger partial charge in [0.15, 0.2) is 5.78 Å². The standard InChI is InChI=1S/C27H27N3O6S3/c1-36-27(32)29-22(15-18-6-3-2-4-7-18)24(31)16-20(23-17-38-26(28-23)25-8-5-13-37-25)14-19-9-11-21(12-10-19)30-39(33,34)35/h2-13,17,20,22,30H,14-16H2,1H3,(H,29,32)(H,33,34,35)/t20-,22+/m0/s1. The second kappa shape index (κ2) is 13.0. The molecule has 39 heavy (non-hydrogen) atoms. The van der Waals surface area contributed by atoms with Crippen LogP contribution >= 0.6 is 22.7 Å². The second-order valence-corrected chi connectivity index (χ2v) is 11.7. The van der Waals surface area contributed by atoms with Gasteiger partial charge < -0.3 is 10.1 Å². The molecule has 0 spiro atoms. The summed E-state index contributed by atoms with van der Waals surface area (Å²) in [5.74, 6) is -0.467. The maximum Gasteiger partial charge on any atom is 0.407 e. The van der Waals surface area contributed by atoms with Crippen molar-refractivity contribution in [2.24, 2.45) is 0 Å². The summed E-state index contributed by atoms with van der Waals surface area (Å²) in [5.41, 5.74) is 2.72. The molecule has 4 aromatic rings. The van der Waals surface area contributed by atoms with Gasteiger partial charge in [-0.15, -0.1) is 22.7 Å². The molecule has 0 unspecified atom stereocenters. The van der Waals surface area contributed by atoms with Crippen molar-refractivity contribution >= 4 is 50.5 Å². The normalized spacial score (nSPS) is 12.9. The molecule has 2 atom stereocenters. The number of carbonyl (C=O) groups excluding carboxylic acids is 2. The highest BCUT2D eigenvalue weighted by Gasteiger charge is 2.27. The first-order chi connectivity index (χ1) is 18.7. The van der Waals surface area contributed by atoms with E-state index in [9.17, 15) is 18.0 Å². The Bertz CT molecular complexity index is 1490. The predicted molar refractivity (Wildman–Crippen MR) is 153 cm³/mol. The second-order valence-electron chi connectivity index (χ2n) is 8.78. The van der Waals surface area contributed by atoms with E-state index >= 15 is 0 Å². The minimum Gasteiger partial charge on any atom is -0.453 e. The van der Waals surface area contributed by atoms with Crippen LogP contribution < -0.4 is 10.0 Å². The molecule has 4 rings (SSSR count). The van der Waals surface area contributed by atoms with Crippen LogP contribution in [0.15, 0.2) is 77.5 Å². The van der Waals surface area contributed by atoms with Crippen molar-refractivity contribution < 1.29 is 27.3 Å². The molecule has 2 aromatic heterocycles. The Labute approximate surface area is 234 Å². The molecule has 0 saturated carbocycles. The number of ketones is 1. The lowest BCUT2D eigenvalue weighted by molar-refractivity contribution is -0.121. The van der Waals surface area contributed by atoms with E-state index in [0.717, 1.165) is 26.7 Å². The van der Waals surface area contributed by atoms with Gasteiger partial charge in [0.1, 0.15) is 5.01 Å². The monoisotopic (exact) mass is 585 g/mol. The van der Waals surface area contributed by atoms with Gasteiger partial charge in [0.05, 0.1) is 29.4 Å². The number of rotatable bonds is 12. The molecule has 0 bridgehead atoms. The molecule has 3 N–H and O–H groups in total. The lowest BCUT2D eigenvalue weighted by Crippen LogP contribution is -2.43. The number of methoxy groups -OCH3 is 1. The number of aromatic nitrogens is 1. The van der Waals surface area contributed by atoms with Crippen LogP contribution in [0, 0.1) is 0 Å². The van der Waals surface area contributed by atoms with Crippen LogP contribution in [0.25, 0.3) is 9.88 Å². The summed E-state index contributed by atoms with van der Waals surface area (Å²) in [6.07, 6.45) is 0.188. The Morgan fingerprint density at radius 1 is 0.974 bits per heavy atom. The number of alkyl carbamates (subject to hydrolysis) is 1. The Morgan fingerprint density at radius 3 is 2.33 bits per heavy atom. The molecule has 204 valence electrons. The fourth-order valence-electron chi connectivity index (χ4n) is 4.09. The highest BCUT2D eigenvalue weighted by molar-refractivity contribution is 7.87. The number of hydrogen-bond acceptors (Lipinski definition) is 8. The van der Waals surface area contributed by atoms with Crippen LogP contribution in [-0.2, 0) is 32.7 Å². The highest BCUT2D eigenvalue weighted by atomic mass is 32.2. The maximum atomic E-state index is 13.6. The maximum absolute atomic E-state index is 13.6. The van der Waals surface area contributed by atoms with E-state index in [1.807, 2.05) is 57.9 Å². The molecule has 9 nitrogen and oxygen atoms in total. The quantitative estimate of drug-likeness (QED) is 0.191. The molecular weight excluding hydrogens is 559 g/mol. The van der Waals surface area contributed by atoms with E-state index in [0.29, 0.717) is 12.8 Å². The van der Waals surface area contributed by atoms with Crippen molar-refractivity contribution in [3.63, 3.8) is 0 Å². The number of nitrogens with zero attached hydrogens (tertiary/aromatic N) is 1. The third-order valence-corrected chi connectivity index (χ3v) is 8.34. The van der Waals surface area contributed by atoms with Crippen LogP contribution in [0.1, 0.15) is 29.2 Å². The zero-order chi connectivity index (χ0) is 27.8. The third-order valence-electron chi connectivity index (χ3n) is 5.95. The minimum absolute atomic E-state index is 0.111. The molecule has 0 aliphatic rings. The number of nitrogens with one attached hydrogen (secondary N) is 2. The van der Waals surface area contributed by atoms with Gasteiger partial charge in [0.25, 0.3) is 0 Å². The summed E-state index contributed by atoms with van der Waals surface area (Å²) < 4.78 is 38.1. The number of benzene rings is 2. The fraction of sp³-hybridized carbons (Fsp3) is 0.222. The van der Waals surface area contributed by atoms with Gasteiger partial charge in [-0.25, -0.2) is 9.78 Å². The third kappa shape index (κ3) is 8.45. The number of carbonyl (C=O) groups is 2. The number of anilines is 1. The summed E-state index contributed by atoms with van der Waals surface area (Å²) in [6.45, 7) is 0. The Balaban J connectivity index is 1.59. The zero-order valence-corrected chi connectivity index (χ0v) is 23.4. The van der Waals surface area contributed by atoms with Gasteiger partial charge in [0.2, 0.25) is 0 Å². The molecule has 0 fully saturated rings. The molecule has 1 amide bonds. The van der Waals surface area contributed by atoms with Gasteiger partial charge >= 0.3 is 16.4 Å². The van der Waals surface area contributed by atoms with Gasteiger partial charge in [-0.05, 0) is 47.5 Å². The summed E-state index contributed by atoms with van der Waals surface area (Å²) in [5, 5.41) is 7.46. The van der Waals surface area contributed by atoms with Gasteiger partial charge in [-0.1, -0.05) is 48.5 Å². The van der Waals surface area contributed by atoms with Crippen LogP contribution in [0.4, 0.5) is 10.5 Å². The molecule has 0 saturated heterocycles. The van der Waals surface area contributed by atoms with E-state index in [2.05, 4.69) is 5.32 Å². The zero-order valence-electron chi connectivity index (χ0n) is 20.9. The van der Waals surface area contributed by atoms with E-state index < -0.39 is 22.4 Å². The van der Waals surface area contributed by atoms with Crippen molar-refractivity contribution in [2.75, 3.05) is 11.8 Å². The molecule has 0 radical (unpaired) electrons. The number of hydrogen-bond donors (Lipinski definition) is 3. The first kappa shape index (κ1) is 28.4. The van der Waals surface area contributed by atoms with Crippen LogP contribution in [0.2, 0.25) is 0 Å². The highest BCUT2D eigenvalue weighted by Crippen LogP contribution is 2.33. The number of Topliss-reactive ketones (excluding diaryl/α,β-unsaturated/α-hetero) is 1. The number of amides is 1. The molecular formula is C27H27N3O6S3. The van der Waals surface area contributed by atoms with Crippen molar-refractivity contribution in [3.8, 4) is 9.88 Å². The lowest BCUT2D eigenvalue weighted by Gasteiger charge is -2.21. The summed E-state index contributed by atoms with van der Waals surface area (Å²) >= 11 is 3.08. The average Bonchev–Trinajstić information content (AvgIpc) is 3.61. The fourth-order valence-corrected chi connectivity index (χ4v) is 6.24. The molecule has 0 aliphatic heterocycles. The summed E-state index contributed by atoms with van der Waals surface area (Å²) in [4.78, 5) is 31.6. The van der Waals surface area contributed by atoms with Crippen molar-refractivity contribution in [1.82, 2.24) is 10.3 Å². The molecule has 0 aliphatic carbocycles. The Morgan fingerprint density at radius 2 is 1.69 bits per heavy atom. The van der Waals surface area contributed by atoms with Crippen molar-refractivity contribution in [3.05, 3.63) is 94.3 Å². The van der Waals surface area contributed by atoms with Gasteiger partial charge in [-0.3, -0.25) is 14.1 Å².